The lowest BCUT2D eigenvalue weighted by Crippen LogP contribution is -2.20. The minimum absolute atomic E-state index is 0.190. The number of fused-ring (bicyclic) bond motifs is 2. The van der Waals surface area contributed by atoms with Gasteiger partial charge in [0.2, 0.25) is 5.75 Å². The van der Waals surface area contributed by atoms with Gasteiger partial charge in [-0.15, -0.1) is 0 Å². The standard InChI is InChI=1S/C39H37N3O5/c1-24(2)31-21-32(25(3)18-34(31)44-4)38-41-33-17-10-9-16-30(33)39(43)42(38)40-22-26-19-35(45-5)37(36(20-26)46-6)47-23-28-14-11-13-27-12-7-8-15-29(27)28/h7-22,24H,23H2,1-6H3. The Kier molecular flexibility index (Phi) is 8.93. The van der Waals surface area contributed by atoms with E-state index in [1.165, 1.54) is 4.68 Å². The van der Waals surface area contributed by atoms with E-state index in [1.54, 1.807) is 45.7 Å². The van der Waals surface area contributed by atoms with Crippen LogP contribution in [0, 0.1) is 6.92 Å². The van der Waals surface area contributed by atoms with Gasteiger partial charge >= 0.3 is 0 Å². The maximum Gasteiger partial charge on any atom is 0.282 e. The van der Waals surface area contributed by atoms with Gasteiger partial charge < -0.3 is 18.9 Å². The molecule has 0 unspecified atom stereocenters. The summed E-state index contributed by atoms with van der Waals surface area (Å²) in [5.41, 5.74) is 4.72. The largest absolute Gasteiger partial charge is 0.496 e. The maximum absolute atomic E-state index is 13.9. The zero-order valence-electron chi connectivity index (χ0n) is 27.4. The maximum atomic E-state index is 13.9. The summed E-state index contributed by atoms with van der Waals surface area (Å²) in [7, 11) is 4.82. The lowest BCUT2D eigenvalue weighted by Gasteiger charge is -2.17. The van der Waals surface area contributed by atoms with Crippen molar-refractivity contribution in [2.75, 3.05) is 21.3 Å². The lowest BCUT2D eigenvalue weighted by molar-refractivity contribution is 0.267. The highest BCUT2D eigenvalue weighted by Gasteiger charge is 2.19. The summed E-state index contributed by atoms with van der Waals surface area (Å²) in [4.78, 5) is 18.9. The van der Waals surface area contributed by atoms with Crippen LogP contribution in [0.5, 0.6) is 23.0 Å². The van der Waals surface area contributed by atoms with Crippen molar-refractivity contribution >= 4 is 27.9 Å². The summed E-state index contributed by atoms with van der Waals surface area (Å²) < 4.78 is 24.8. The zero-order chi connectivity index (χ0) is 33.1. The number of hydrogen-bond acceptors (Lipinski definition) is 7. The Morgan fingerprint density at radius 3 is 2.17 bits per heavy atom. The van der Waals surface area contributed by atoms with E-state index in [9.17, 15) is 4.79 Å². The van der Waals surface area contributed by atoms with Crippen LogP contribution >= 0.6 is 0 Å². The van der Waals surface area contributed by atoms with Crippen molar-refractivity contribution < 1.29 is 18.9 Å². The van der Waals surface area contributed by atoms with Crippen molar-refractivity contribution in [2.24, 2.45) is 5.10 Å². The highest BCUT2D eigenvalue weighted by atomic mass is 16.5. The molecular weight excluding hydrogens is 590 g/mol. The second kappa shape index (κ2) is 13.4. The average molecular weight is 628 g/mol. The molecule has 6 rings (SSSR count). The van der Waals surface area contributed by atoms with E-state index in [2.05, 4.69) is 32.0 Å². The molecule has 5 aromatic carbocycles. The molecule has 1 heterocycles. The number of ether oxygens (including phenoxy) is 4. The van der Waals surface area contributed by atoms with Gasteiger partial charge in [0.25, 0.3) is 5.56 Å². The number of rotatable bonds is 10. The van der Waals surface area contributed by atoms with Crippen LogP contribution in [-0.2, 0) is 6.61 Å². The monoisotopic (exact) mass is 627 g/mol. The molecule has 47 heavy (non-hydrogen) atoms. The molecule has 1 aromatic heterocycles. The Balaban J connectivity index is 1.42. The highest BCUT2D eigenvalue weighted by Crippen LogP contribution is 2.39. The molecule has 0 aliphatic heterocycles. The van der Waals surface area contributed by atoms with Crippen LogP contribution in [0.2, 0.25) is 0 Å². The van der Waals surface area contributed by atoms with Crippen LogP contribution in [-0.4, -0.2) is 37.2 Å². The van der Waals surface area contributed by atoms with Crippen molar-refractivity contribution in [3.05, 3.63) is 124 Å². The third-order valence-electron chi connectivity index (χ3n) is 8.25. The van der Waals surface area contributed by atoms with E-state index in [0.717, 1.165) is 38.8 Å². The summed E-state index contributed by atoms with van der Waals surface area (Å²) in [6.07, 6.45) is 1.60. The van der Waals surface area contributed by atoms with Gasteiger partial charge in [0.15, 0.2) is 17.3 Å². The number of benzene rings is 5. The summed E-state index contributed by atoms with van der Waals surface area (Å²) in [6.45, 7) is 6.51. The summed E-state index contributed by atoms with van der Waals surface area (Å²) in [5.74, 6) is 2.84. The van der Waals surface area contributed by atoms with Crippen LogP contribution in [0.4, 0.5) is 0 Å². The van der Waals surface area contributed by atoms with Gasteiger partial charge in [0.05, 0.1) is 38.4 Å². The molecule has 8 nitrogen and oxygen atoms in total. The smallest absolute Gasteiger partial charge is 0.282 e. The Bertz CT molecular complexity index is 2150. The highest BCUT2D eigenvalue weighted by molar-refractivity contribution is 5.86. The fourth-order valence-electron chi connectivity index (χ4n) is 5.78. The Morgan fingerprint density at radius 2 is 1.47 bits per heavy atom. The van der Waals surface area contributed by atoms with Crippen LogP contribution < -0.4 is 24.5 Å². The normalized spacial score (nSPS) is 11.5. The number of nitrogens with zero attached hydrogens (tertiary/aromatic N) is 3. The Labute approximate surface area is 273 Å². The first kappa shape index (κ1) is 31.4. The molecule has 0 atom stereocenters. The fraction of sp³-hybridized carbons (Fsp3) is 0.205. The SMILES string of the molecule is COc1cc(C)c(-c2nc3ccccc3c(=O)n2N=Cc2cc(OC)c(OCc3cccc4ccccc34)c(OC)c2)cc1C(C)C. The molecule has 0 radical (unpaired) electrons. The molecule has 0 fully saturated rings. The first-order chi connectivity index (χ1) is 22.8. The fourth-order valence-corrected chi connectivity index (χ4v) is 5.78. The molecule has 8 heteroatoms. The van der Waals surface area contributed by atoms with Gasteiger partial charge in [-0.25, -0.2) is 4.98 Å². The molecule has 0 aliphatic rings. The number of methoxy groups -OCH3 is 3. The molecule has 238 valence electrons. The lowest BCUT2D eigenvalue weighted by atomic mass is 9.96. The van der Waals surface area contributed by atoms with Gasteiger partial charge in [-0.2, -0.15) is 9.78 Å². The second-order valence-electron chi connectivity index (χ2n) is 11.6. The van der Waals surface area contributed by atoms with Crippen LogP contribution in [0.1, 0.15) is 42.0 Å². The van der Waals surface area contributed by atoms with Gasteiger partial charge in [-0.3, -0.25) is 4.79 Å². The summed E-state index contributed by atoms with van der Waals surface area (Å²) in [6, 6.07) is 29.2. The van der Waals surface area contributed by atoms with Crippen molar-refractivity contribution in [1.82, 2.24) is 9.66 Å². The van der Waals surface area contributed by atoms with Crippen LogP contribution in [0.3, 0.4) is 0 Å². The second-order valence-corrected chi connectivity index (χ2v) is 11.6. The molecule has 0 saturated heterocycles. The molecule has 0 amide bonds. The summed E-state index contributed by atoms with van der Waals surface area (Å²) >= 11 is 0. The minimum Gasteiger partial charge on any atom is -0.496 e. The van der Waals surface area contributed by atoms with Crippen molar-refractivity contribution in [2.45, 2.75) is 33.3 Å². The quantitative estimate of drug-likeness (QED) is 0.143. The number of aryl methyl sites for hydroxylation is 1. The van der Waals surface area contributed by atoms with Crippen LogP contribution in [0.25, 0.3) is 33.1 Å². The van der Waals surface area contributed by atoms with Gasteiger partial charge in [-0.1, -0.05) is 68.4 Å². The number of aromatic nitrogens is 2. The third-order valence-corrected chi connectivity index (χ3v) is 8.25. The van der Waals surface area contributed by atoms with E-state index < -0.39 is 0 Å². The van der Waals surface area contributed by atoms with Crippen molar-refractivity contribution in [3.8, 4) is 34.4 Å². The van der Waals surface area contributed by atoms with E-state index in [4.69, 9.17) is 29.0 Å². The molecule has 0 spiro atoms. The molecule has 6 aromatic rings. The predicted octanol–water partition coefficient (Wildman–Crippen LogP) is 8.14. The predicted molar refractivity (Wildman–Crippen MR) is 188 cm³/mol. The van der Waals surface area contributed by atoms with Gasteiger partial charge in [0, 0.05) is 11.1 Å². The first-order valence-electron chi connectivity index (χ1n) is 15.4. The van der Waals surface area contributed by atoms with Gasteiger partial charge in [-0.05, 0) is 76.7 Å². The van der Waals surface area contributed by atoms with E-state index >= 15 is 0 Å². The van der Waals surface area contributed by atoms with Gasteiger partial charge in [0.1, 0.15) is 12.4 Å². The Morgan fingerprint density at radius 1 is 0.809 bits per heavy atom. The average Bonchev–Trinajstić information content (AvgIpc) is 3.09. The summed E-state index contributed by atoms with van der Waals surface area (Å²) in [5, 5.41) is 7.43. The molecule has 0 N–H and O–H groups in total. The van der Waals surface area contributed by atoms with Crippen molar-refractivity contribution in [3.63, 3.8) is 0 Å². The number of hydrogen-bond donors (Lipinski definition) is 0. The number of para-hydroxylation sites is 1. The third kappa shape index (κ3) is 6.14. The first-order valence-corrected chi connectivity index (χ1v) is 15.4. The molecule has 0 aliphatic carbocycles. The van der Waals surface area contributed by atoms with E-state index in [-0.39, 0.29) is 11.5 Å². The van der Waals surface area contributed by atoms with E-state index in [1.807, 2.05) is 61.5 Å². The minimum atomic E-state index is -0.280. The topological polar surface area (TPSA) is 84.2 Å². The van der Waals surface area contributed by atoms with Crippen molar-refractivity contribution in [1.29, 1.82) is 0 Å². The van der Waals surface area contributed by atoms with Crippen LogP contribution in [0.15, 0.2) is 101 Å². The molecule has 0 bridgehead atoms. The van der Waals surface area contributed by atoms with E-state index in [0.29, 0.717) is 46.1 Å². The zero-order valence-corrected chi connectivity index (χ0v) is 27.4. The molecular formula is C39H37N3O5. The Hall–Kier alpha value is -5.63. The molecule has 0 saturated carbocycles.